The van der Waals surface area contributed by atoms with Gasteiger partial charge in [0.25, 0.3) is 5.91 Å². The predicted molar refractivity (Wildman–Crippen MR) is 145 cm³/mol. The predicted octanol–water partition coefficient (Wildman–Crippen LogP) is 7.09. The molecule has 6 heteroatoms. The molecule has 0 saturated heterocycles. The van der Waals surface area contributed by atoms with Crippen molar-refractivity contribution in [3.63, 3.8) is 0 Å². The normalized spacial score (nSPS) is 10.7. The van der Waals surface area contributed by atoms with E-state index in [2.05, 4.69) is 24.4 Å². The highest BCUT2D eigenvalue weighted by Gasteiger charge is 2.06. The Labute approximate surface area is 218 Å². The summed E-state index contributed by atoms with van der Waals surface area (Å²) in [4.78, 5) is 22.5. The minimum atomic E-state index is -0.922. The van der Waals surface area contributed by atoms with Crippen molar-refractivity contribution in [2.24, 2.45) is 0 Å². The lowest BCUT2D eigenvalue weighted by Gasteiger charge is -2.11. The molecule has 3 rings (SSSR count). The zero-order valence-corrected chi connectivity index (χ0v) is 21.5. The number of carbonyl (C=O) groups is 2. The van der Waals surface area contributed by atoms with E-state index in [1.807, 2.05) is 42.5 Å². The second kappa shape index (κ2) is 14.3. The maximum absolute atomic E-state index is 12.0. The molecule has 0 spiro atoms. The number of aryl methyl sites for hydroxylation is 2. The molecule has 0 aliphatic heterocycles. The number of carboxylic acid groups (broad SMARTS) is 1. The minimum absolute atomic E-state index is 0.0756. The molecule has 0 aliphatic rings. The molecule has 3 aromatic carbocycles. The number of carboxylic acids is 1. The summed E-state index contributed by atoms with van der Waals surface area (Å²) < 4.78 is 6.01. The molecule has 0 atom stereocenters. The standard InChI is InChI=1S/C30H34ClNO4/c1-22-21-26(24-12-15-27(31)16-13-24)14-17-28(22)36-20-6-4-2-3-5-7-23-8-10-25(11-9-23)30(35)32-19-18-29(33)34/h8-17,21H,2-7,18-20H2,1H3,(H,32,35)(H,33,34). The van der Waals surface area contributed by atoms with Crippen LogP contribution in [0.4, 0.5) is 0 Å². The lowest BCUT2D eigenvalue weighted by atomic mass is 10.0. The third-order valence-corrected chi connectivity index (χ3v) is 6.31. The molecule has 1 amide bonds. The van der Waals surface area contributed by atoms with Gasteiger partial charge in [-0.15, -0.1) is 0 Å². The number of benzene rings is 3. The Balaban J connectivity index is 1.28. The van der Waals surface area contributed by atoms with E-state index >= 15 is 0 Å². The van der Waals surface area contributed by atoms with Gasteiger partial charge in [-0.25, -0.2) is 0 Å². The first kappa shape index (κ1) is 27.3. The number of aliphatic carboxylic acids is 1. The van der Waals surface area contributed by atoms with Crippen LogP contribution in [-0.4, -0.2) is 30.1 Å². The molecule has 0 radical (unpaired) electrons. The molecule has 190 valence electrons. The first-order valence-corrected chi connectivity index (χ1v) is 12.9. The summed E-state index contributed by atoms with van der Waals surface area (Å²) >= 11 is 5.98. The lowest BCUT2D eigenvalue weighted by Crippen LogP contribution is -2.25. The van der Waals surface area contributed by atoms with Gasteiger partial charge in [-0.2, -0.15) is 0 Å². The third kappa shape index (κ3) is 9.04. The fourth-order valence-corrected chi connectivity index (χ4v) is 4.11. The Morgan fingerprint density at radius 1 is 0.861 bits per heavy atom. The molecule has 0 saturated carbocycles. The van der Waals surface area contributed by atoms with Crippen LogP contribution in [0.5, 0.6) is 5.75 Å². The van der Waals surface area contributed by atoms with Crippen molar-refractivity contribution in [2.75, 3.05) is 13.2 Å². The van der Waals surface area contributed by atoms with Crippen molar-refractivity contribution < 1.29 is 19.4 Å². The van der Waals surface area contributed by atoms with Crippen molar-refractivity contribution in [3.05, 3.63) is 88.4 Å². The maximum atomic E-state index is 12.0. The highest BCUT2D eigenvalue weighted by atomic mass is 35.5. The largest absolute Gasteiger partial charge is 0.493 e. The summed E-state index contributed by atoms with van der Waals surface area (Å²) in [5.41, 5.74) is 5.19. The van der Waals surface area contributed by atoms with Crippen molar-refractivity contribution in [3.8, 4) is 16.9 Å². The molecule has 36 heavy (non-hydrogen) atoms. The monoisotopic (exact) mass is 507 g/mol. The Bertz CT molecular complexity index is 1130. The van der Waals surface area contributed by atoms with Crippen molar-refractivity contribution in [2.45, 2.75) is 51.9 Å². The van der Waals surface area contributed by atoms with Gasteiger partial charge in [0.15, 0.2) is 0 Å². The van der Waals surface area contributed by atoms with Gasteiger partial charge < -0.3 is 15.2 Å². The van der Waals surface area contributed by atoms with Crippen molar-refractivity contribution in [1.29, 1.82) is 0 Å². The summed E-state index contributed by atoms with van der Waals surface area (Å²) in [5, 5.41) is 12.0. The molecular formula is C30H34ClNO4. The van der Waals surface area contributed by atoms with Crippen LogP contribution in [0.3, 0.4) is 0 Å². The number of nitrogens with one attached hydrogen (secondary N) is 1. The number of amides is 1. The van der Waals surface area contributed by atoms with Crippen molar-refractivity contribution >= 4 is 23.5 Å². The average Bonchev–Trinajstić information content (AvgIpc) is 2.87. The molecule has 0 heterocycles. The zero-order valence-electron chi connectivity index (χ0n) is 20.8. The van der Waals surface area contributed by atoms with E-state index in [1.54, 1.807) is 12.1 Å². The van der Waals surface area contributed by atoms with Gasteiger partial charge >= 0.3 is 5.97 Å². The first-order chi connectivity index (χ1) is 17.4. The van der Waals surface area contributed by atoms with E-state index in [4.69, 9.17) is 21.4 Å². The molecule has 0 fully saturated rings. The zero-order chi connectivity index (χ0) is 25.8. The van der Waals surface area contributed by atoms with Crippen LogP contribution in [-0.2, 0) is 11.2 Å². The molecule has 5 nitrogen and oxygen atoms in total. The smallest absolute Gasteiger partial charge is 0.305 e. The highest BCUT2D eigenvalue weighted by molar-refractivity contribution is 6.30. The topological polar surface area (TPSA) is 75.6 Å². The highest BCUT2D eigenvalue weighted by Crippen LogP contribution is 2.27. The van der Waals surface area contributed by atoms with Gasteiger partial charge in [0.1, 0.15) is 5.75 Å². The van der Waals surface area contributed by atoms with E-state index in [1.165, 1.54) is 12.0 Å². The maximum Gasteiger partial charge on any atom is 0.305 e. The van der Waals surface area contributed by atoms with E-state index in [9.17, 15) is 9.59 Å². The Kier molecular flexibility index (Phi) is 10.8. The number of hydrogen-bond acceptors (Lipinski definition) is 3. The third-order valence-electron chi connectivity index (χ3n) is 6.06. The van der Waals surface area contributed by atoms with Crippen LogP contribution in [0.2, 0.25) is 5.02 Å². The van der Waals surface area contributed by atoms with Gasteiger partial charge in [-0.1, -0.05) is 61.2 Å². The summed E-state index contributed by atoms with van der Waals surface area (Å²) in [6, 6.07) is 21.7. The lowest BCUT2D eigenvalue weighted by molar-refractivity contribution is -0.136. The molecule has 3 aromatic rings. The Morgan fingerprint density at radius 3 is 2.22 bits per heavy atom. The van der Waals surface area contributed by atoms with Crippen LogP contribution in [0.1, 0.15) is 60.0 Å². The molecule has 0 aliphatic carbocycles. The minimum Gasteiger partial charge on any atom is -0.493 e. The first-order valence-electron chi connectivity index (χ1n) is 12.5. The molecule has 0 aromatic heterocycles. The fraction of sp³-hybridized carbons (Fsp3) is 0.333. The number of rotatable bonds is 14. The second-order valence-corrected chi connectivity index (χ2v) is 9.39. The number of hydrogen-bond donors (Lipinski definition) is 2. The van der Waals surface area contributed by atoms with Crippen LogP contribution >= 0.6 is 11.6 Å². The van der Waals surface area contributed by atoms with Crippen LogP contribution in [0, 0.1) is 6.92 Å². The summed E-state index contributed by atoms with van der Waals surface area (Å²) in [5.74, 6) is -0.224. The van der Waals surface area contributed by atoms with E-state index in [0.29, 0.717) is 5.56 Å². The molecule has 2 N–H and O–H groups in total. The molecule has 0 unspecified atom stereocenters. The quantitative estimate of drug-likeness (QED) is 0.228. The fourth-order valence-electron chi connectivity index (χ4n) is 3.98. The molecular weight excluding hydrogens is 474 g/mol. The van der Waals surface area contributed by atoms with Crippen LogP contribution in [0.15, 0.2) is 66.7 Å². The summed E-state index contributed by atoms with van der Waals surface area (Å²) in [6.07, 6.45) is 6.51. The summed E-state index contributed by atoms with van der Waals surface area (Å²) in [6.45, 7) is 2.93. The molecule has 0 bridgehead atoms. The second-order valence-electron chi connectivity index (χ2n) is 8.95. The van der Waals surface area contributed by atoms with Crippen LogP contribution < -0.4 is 10.1 Å². The number of unbranched alkanes of at least 4 members (excludes halogenated alkanes) is 4. The van der Waals surface area contributed by atoms with Gasteiger partial charge in [0, 0.05) is 17.1 Å². The number of carbonyl (C=O) groups excluding carboxylic acids is 1. The van der Waals surface area contributed by atoms with E-state index in [0.717, 1.165) is 66.2 Å². The van der Waals surface area contributed by atoms with E-state index < -0.39 is 5.97 Å². The van der Waals surface area contributed by atoms with Gasteiger partial charge in [0.05, 0.1) is 13.0 Å². The van der Waals surface area contributed by atoms with Crippen molar-refractivity contribution in [1.82, 2.24) is 5.32 Å². The van der Waals surface area contributed by atoms with Gasteiger partial charge in [-0.3, -0.25) is 9.59 Å². The van der Waals surface area contributed by atoms with E-state index in [-0.39, 0.29) is 18.9 Å². The summed E-state index contributed by atoms with van der Waals surface area (Å²) in [7, 11) is 0. The number of ether oxygens (including phenoxy) is 1. The van der Waals surface area contributed by atoms with Crippen LogP contribution in [0.25, 0.3) is 11.1 Å². The Morgan fingerprint density at radius 2 is 1.53 bits per heavy atom. The SMILES string of the molecule is Cc1cc(-c2ccc(Cl)cc2)ccc1OCCCCCCCc1ccc(C(=O)NCCC(=O)O)cc1. The van der Waals surface area contributed by atoms with Gasteiger partial charge in [-0.05, 0) is 84.8 Å². The van der Waals surface area contributed by atoms with Gasteiger partial charge in [0.2, 0.25) is 0 Å². The number of halogens is 1. The average molecular weight is 508 g/mol. The Hall–Kier alpha value is -3.31.